The third kappa shape index (κ3) is 4.22. The van der Waals surface area contributed by atoms with Crippen LogP contribution in [-0.2, 0) is 11.2 Å². The van der Waals surface area contributed by atoms with Crippen LogP contribution in [0.15, 0.2) is 12.1 Å². The largest absolute Gasteiger partial charge is 0.496 e. The van der Waals surface area contributed by atoms with Crippen molar-refractivity contribution in [3.8, 4) is 17.2 Å². The van der Waals surface area contributed by atoms with E-state index in [0.717, 1.165) is 10.4 Å². The van der Waals surface area contributed by atoms with Gasteiger partial charge < -0.3 is 24.3 Å². The van der Waals surface area contributed by atoms with Gasteiger partial charge in [-0.3, -0.25) is 4.79 Å². The first-order chi connectivity index (χ1) is 13.4. The fraction of sp³-hybridized carbons (Fsp3) is 0.400. The maximum Gasteiger partial charge on any atom is 0.341 e. The number of amides is 1. The molecule has 28 heavy (non-hydrogen) atoms. The van der Waals surface area contributed by atoms with E-state index in [1.807, 2.05) is 13.8 Å². The van der Waals surface area contributed by atoms with Crippen molar-refractivity contribution in [1.29, 1.82) is 0 Å². The number of benzene rings is 1. The second-order valence-electron chi connectivity index (χ2n) is 5.78. The van der Waals surface area contributed by atoms with Crippen LogP contribution < -0.4 is 19.5 Å². The molecule has 8 heteroatoms. The number of ether oxygens (including phenoxy) is 4. The van der Waals surface area contributed by atoms with Crippen LogP contribution in [0.3, 0.4) is 0 Å². The molecule has 0 spiro atoms. The Morgan fingerprint density at radius 2 is 1.61 bits per heavy atom. The highest BCUT2D eigenvalue weighted by molar-refractivity contribution is 7.16. The third-order valence-corrected chi connectivity index (χ3v) is 5.28. The van der Waals surface area contributed by atoms with Crippen molar-refractivity contribution in [2.45, 2.75) is 27.2 Å². The molecular formula is C20H25NO6S. The second kappa shape index (κ2) is 9.45. The maximum absolute atomic E-state index is 13.0. The van der Waals surface area contributed by atoms with Crippen molar-refractivity contribution in [2.24, 2.45) is 0 Å². The second-order valence-corrected chi connectivity index (χ2v) is 7.00. The van der Waals surface area contributed by atoms with Gasteiger partial charge in [0.15, 0.2) is 11.5 Å². The van der Waals surface area contributed by atoms with E-state index in [0.29, 0.717) is 34.2 Å². The lowest BCUT2D eigenvalue weighted by atomic mass is 10.1. The van der Waals surface area contributed by atoms with Gasteiger partial charge in [-0.05, 0) is 25.8 Å². The summed E-state index contributed by atoms with van der Waals surface area (Å²) in [5.74, 6) is 0.307. The zero-order valence-electron chi connectivity index (χ0n) is 16.9. The van der Waals surface area contributed by atoms with Gasteiger partial charge in [0.1, 0.15) is 10.8 Å². The van der Waals surface area contributed by atoms with E-state index >= 15 is 0 Å². The Hall–Kier alpha value is -2.74. The summed E-state index contributed by atoms with van der Waals surface area (Å²) in [6.45, 7) is 5.88. The monoisotopic (exact) mass is 407 g/mol. The first kappa shape index (κ1) is 21.6. The summed E-state index contributed by atoms with van der Waals surface area (Å²) >= 11 is 1.34. The lowest BCUT2D eigenvalue weighted by Gasteiger charge is -2.14. The molecule has 2 aromatic rings. The van der Waals surface area contributed by atoms with Crippen LogP contribution in [-0.4, -0.2) is 39.8 Å². The summed E-state index contributed by atoms with van der Waals surface area (Å²) in [5.41, 5.74) is 1.54. The summed E-state index contributed by atoms with van der Waals surface area (Å²) in [5, 5.41) is 3.28. The number of nitrogens with one attached hydrogen (secondary N) is 1. The fourth-order valence-corrected chi connectivity index (χ4v) is 4.02. The van der Waals surface area contributed by atoms with Gasteiger partial charge in [0.25, 0.3) is 5.91 Å². The van der Waals surface area contributed by atoms with Gasteiger partial charge in [-0.15, -0.1) is 11.3 Å². The molecule has 0 saturated carbocycles. The number of hydrogen-bond donors (Lipinski definition) is 1. The average Bonchev–Trinajstić information content (AvgIpc) is 3.01. The van der Waals surface area contributed by atoms with Crippen molar-refractivity contribution in [3.05, 3.63) is 33.7 Å². The highest BCUT2D eigenvalue weighted by Crippen LogP contribution is 2.37. The number of methoxy groups -OCH3 is 3. The van der Waals surface area contributed by atoms with E-state index in [2.05, 4.69) is 5.32 Å². The van der Waals surface area contributed by atoms with Gasteiger partial charge in [0.2, 0.25) is 0 Å². The molecule has 2 rings (SSSR count). The molecule has 1 heterocycles. The molecule has 1 N–H and O–H groups in total. The van der Waals surface area contributed by atoms with Gasteiger partial charge in [-0.2, -0.15) is 0 Å². The van der Waals surface area contributed by atoms with Crippen LogP contribution in [0.4, 0.5) is 5.00 Å². The molecule has 7 nitrogen and oxygen atoms in total. The Bertz CT molecular complexity index is 874. The zero-order valence-corrected chi connectivity index (χ0v) is 17.7. The van der Waals surface area contributed by atoms with Gasteiger partial charge in [-0.1, -0.05) is 6.92 Å². The number of thiophene rings is 1. The number of carbonyl (C=O) groups is 2. The normalized spacial score (nSPS) is 10.4. The SMILES string of the molecule is CCOC(=O)c1c(NC(=O)c2cc(OC)c(OC)cc2OC)sc(C)c1CC. The Morgan fingerprint density at radius 1 is 1.00 bits per heavy atom. The Labute approximate surface area is 168 Å². The third-order valence-electron chi connectivity index (χ3n) is 4.22. The van der Waals surface area contributed by atoms with E-state index in [1.54, 1.807) is 13.0 Å². The van der Waals surface area contributed by atoms with Crippen molar-refractivity contribution in [3.63, 3.8) is 0 Å². The molecular weight excluding hydrogens is 382 g/mol. The minimum Gasteiger partial charge on any atom is -0.496 e. The first-order valence-corrected chi connectivity index (χ1v) is 9.64. The number of hydrogen-bond acceptors (Lipinski definition) is 7. The lowest BCUT2D eigenvalue weighted by molar-refractivity contribution is 0.0527. The molecule has 0 unspecified atom stereocenters. The molecule has 152 valence electrons. The minimum absolute atomic E-state index is 0.258. The van der Waals surface area contributed by atoms with Gasteiger partial charge in [0.05, 0.1) is 39.1 Å². The van der Waals surface area contributed by atoms with E-state index in [-0.39, 0.29) is 12.2 Å². The molecule has 0 radical (unpaired) electrons. The van der Waals surface area contributed by atoms with Crippen molar-refractivity contribution >= 4 is 28.2 Å². The van der Waals surface area contributed by atoms with E-state index in [1.165, 1.54) is 38.7 Å². The summed E-state index contributed by atoms with van der Waals surface area (Å²) < 4.78 is 21.0. The van der Waals surface area contributed by atoms with Gasteiger partial charge in [-0.25, -0.2) is 4.79 Å². The number of esters is 1. The van der Waals surface area contributed by atoms with Crippen molar-refractivity contribution in [1.82, 2.24) is 0 Å². The minimum atomic E-state index is -0.446. The van der Waals surface area contributed by atoms with E-state index in [4.69, 9.17) is 18.9 Å². The van der Waals surface area contributed by atoms with Crippen LogP contribution in [0.5, 0.6) is 17.2 Å². The number of aryl methyl sites for hydroxylation is 1. The predicted octanol–water partition coefficient (Wildman–Crippen LogP) is 4.07. The molecule has 1 aromatic heterocycles. The van der Waals surface area contributed by atoms with Crippen LogP contribution in [0, 0.1) is 6.92 Å². The number of anilines is 1. The van der Waals surface area contributed by atoms with Crippen LogP contribution in [0.25, 0.3) is 0 Å². The quantitative estimate of drug-likeness (QED) is 0.664. The summed E-state index contributed by atoms with van der Waals surface area (Å²) in [7, 11) is 4.46. The Kier molecular flexibility index (Phi) is 7.28. The van der Waals surface area contributed by atoms with Crippen LogP contribution >= 0.6 is 11.3 Å². The Balaban J connectivity index is 2.47. The standard InChI is InChI=1S/C20H25NO6S/c1-7-12-11(3)28-19(17(12)20(23)27-8-2)21-18(22)13-9-15(25-5)16(26-6)10-14(13)24-4/h9-10H,7-8H2,1-6H3,(H,21,22). The number of carbonyl (C=O) groups excluding carboxylic acids is 2. The molecule has 0 fully saturated rings. The topological polar surface area (TPSA) is 83.1 Å². The summed E-state index contributed by atoms with van der Waals surface area (Å²) in [6.07, 6.45) is 0.659. The van der Waals surface area contributed by atoms with Crippen molar-refractivity contribution in [2.75, 3.05) is 33.3 Å². The van der Waals surface area contributed by atoms with E-state index in [9.17, 15) is 9.59 Å². The summed E-state index contributed by atoms with van der Waals surface area (Å²) in [6, 6.07) is 3.12. The van der Waals surface area contributed by atoms with Crippen LogP contribution in [0.1, 0.15) is 45.0 Å². The lowest BCUT2D eigenvalue weighted by Crippen LogP contribution is -2.16. The highest BCUT2D eigenvalue weighted by atomic mass is 32.1. The molecule has 0 aliphatic heterocycles. The van der Waals surface area contributed by atoms with Crippen molar-refractivity contribution < 1.29 is 28.5 Å². The zero-order chi connectivity index (χ0) is 20.8. The Morgan fingerprint density at radius 3 is 2.14 bits per heavy atom. The molecule has 0 aliphatic rings. The fourth-order valence-electron chi connectivity index (χ4n) is 2.89. The molecule has 0 aliphatic carbocycles. The maximum atomic E-state index is 13.0. The molecule has 1 amide bonds. The molecule has 1 aromatic carbocycles. The molecule has 0 atom stereocenters. The van der Waals surface area contributed by atoms with Crippen LogP contribution in [0.2, 0.25) is 0 Å². The predicted molar refractivity (Wildman–Crippen MR) is 108 cm³/mol. The molecule has 0 bridgehead atoms. The number of rotatable bonds is 8. The first-order valence-electron chi connectivity index (χ1n) is 8.82. The van der Waals surface area contributed by atoms with Gasteiger partial charge in [0, 0.05) is 17.0 Å². The summed E-state index contributed by atoms with van der Waals surface area (Å²) in [4.78, 5) is 26.4. The average molecular weight is 407 g/mol. The highest BCUT2D eigenvalue weighted by Gasteiger charge is 2.25. The molecule has 0 saturated heterocycles. The van der Waals surface area contributed by atoms with Gasteiger partial charge >= 0.3 is 5.97 Å². The van der Waals surface area contributed by atoms with E-state index < -0.39 is 11.9 Å². The smallest absolute Gasteiger partial charge is 0.341 e.